The number of hydrogen-bond donors (Lipinski definition) is 1. The zero-order valence-electron chi connectivity index (χ0n) is 10.6. The summed E-state index contributed by atoms with van der Waals surface area (Å²) in [5.74, 6) is 0.704. The van der Waals surface area contributed by atoms with Crippen molar-refractivity contribution in [3.63, 3.8) is 0 Å². The quantitative estimate of drug-likeness (QED) is 0.731. The first kappa shape index (κ1) is 15.4. The molecule has 0 aliphatic heterocycles. The van der Waals surface area contributed by atoms with Gasteiger partial charge in [0, 0.05) is 11.4 Å². The fraction of sp³-hybridized carbons (Fsp3) is 1.00. The third-order valence-corrected chi connectivity index (χ3v) is 5.56. The lowest BCUT2D eigenvalue weighted by Crippen LogP contribution is -2.36. The minimum absolute atomic E-state index is 0.0566. The van der Waals surface area contributed by atoms with Crippen LogP contribution in [-0.2, 0) is 10.0 Å². The van der Waals surface area contributed by atoms with Crippen LogP contribution in [0.15, 0.2) is 0 Å². The Balaban J connectivity index is 2.33. The Hall–Kier alpha value is 0.390. The third-order valence-electron chi connectivity index (χ3n) is 3.33. The fourth-order valence-electron chi connectivity index (χ4n) is 2.46. The van der Waals surface area contributed by atoms with Crippen LogP contribution >= 0.6 is 15.9 Å². The molecule has 0 saturated heterocycles. The van der Waals surface area contributed by atoms with Gasteiger partial charge in [-0.1, -0.05) is 35.2 Å². The lowest BCUT2D eigenvalue weighted by Gasteiger charge is -2.22. The van der Waals surface area contributed by atoms with Gasteiger partial charge in [-0.05, 0) is 38.5 Å². The molecule has 0 bridgehead atoms. The van der Waals surface area contributed by atoms with Gasteiger partial charge in [0.1, 0.15) is 0 Å². The van der Waals surface area contributed by atoms with Gasteiger partial charge < -0.3 is 0 Å². The highest BCUT2D eigenvalue weighted by Crippen LogP contribution is 2.24. The van der Waals surface area contributed by atoms with Gasteiger partial charge in [0.2, 0.25) is 10.0 Å². The average molecular weight is 326 g/mol. The fourth-order valence-corrected chi connectivity index (χ4v) is 4.57. The maximum atomic E-state index is 11.9. The Labute approximate surface area is 114 Å². The van der Waals surface area contributed by atoms with E-state index in [1.807, 2.05) is 6.92 Å². The number of rotatable bonds is 7. The van der Waals surface area contributed by atoms with Crippen molar-refractivity contribution in [1.82, 2.24) is 4.72 Å². The molecule has 0 aromatic rings. The van der Waals surface area contributed by atoms with Crippen LogP contribution in [0.2, 0.25) is 0 Å². The number of halogens is 1. The maximum absolute atomic E-state index is 11.9. The first-order valence-electron chi connectivity index (χ1n) is 6.59. The topological polar surface area (TPSA) is 46.2 Å². The second kappa shape index (κ2) is 7.74. The van der Waals surface area contributed by atoms with Gasteiger partial charge in [-0.2, -0.15) is 0 Å². The highest BCUT2D eigenvalue weighted by Gasteiger charge is 2.22. The van der Waals surface area contributed by atoms with Crippen molar-refractivity contribution >= 4 is 26.0 Å². The van der Waals surface area contributed by atoms with E-state index in [-0.39, 0.29) is 6.04 Å². The summed E-state index contributed by atoms with van der Waals surface area (Å²) in [4.78, 5) is 0. The monoisotopic (exact) mass is 325 g/mol. The van der Waals surface area contributed by atoms with Crippen LogP contribution in [0.5, 0.6) is 0 Å². The summed E-state index contributed by atoms with van der Waals surface area (Å²) in [6, 6.07) is 0.0566. The van der Waals surface area contributed by atoms with Gasteiger partial charge in [-0.15, -0.1) is 0 Å². The third kappa shape index (κ3) is 6.77. The molecule has 0 spiro atoms. The molecule has 3 nitrogen and oxygen atoms in total. The summed E-state index contributed by atoms with van der Waals surface area (Å²) in [6.45, 7) is 1.95. The molecule has 0 amide bonds. The summed E-state index contributed by atoms with van der Waals surface area (Å²) >= 11 is 3.36. The summed E-state index contributed by atoms with van der Waals surface area (Å²) in [7, 11) is -3.08. The summed E-state index contributed by atoms with van der Waals surface area (Å²) < 4.78 is 26.7. The van der Waals surface area contributed by atoms with Crippen molar-refractivity contribution in [3.05, 3.63) is 0 Å². The zero-order valence-corrected chi connectivity index (χ0v) is 13.0. The molecule has 1 N–H and O–H groups in total. The molecule has 1 aliphatic rings. The number of nitrogens with one attached hydrogen (secondary N) is 1. The van der Waals surface area contributed by atoms with Gasteiger partial charge >= 0.3 is 0 Å². The predicted octanol–water partition coefficient (Wildman–Crippen LogP) is 3.05. The SMILES string of the molecule is CC(CCCBr)NS(=O)(=O)CC1CCCCC1. The van der Waals surface area contributed by atoms with Gasteiger partial charge in [0.05, 0.1) is 5.75 Å². The summed E-state index contributed by atoms with van der Waals surface area (Å²) in [5.41, 5.74) is 0. The van der Waals surface area contributed by atoms with Crippen LogP contribution in [0.1, 0.15) is 51.9 Å². The Morgan fingerprint density at radius 3 is 2.53 bits per heavy atom. The van der Waals surface area contributed by atoms with Crippen molar-refractivity contribution in [2.75, 3.05) is 11.1 Å². The number of sulfonamides is 1. The van der Waals surface area contributed by atoms with E-state index in [4.69, 9.17) is 0 Å². The highest BCUT2D eigenvalue weighted by molar-refractivity contribution is 9.09. The largest absolute Gasteiger partial charge is 0.212 e. The normalized spacial score (nSPS) is 20.4. The molecule has 1 fully saturated rings. The lowest BCUT2D eigenvalue weighted by atomic mass is 9.91. The Morgan fingerprint density at radius 2 is 1.94 bits per heavy atom. The van der Waals surface area contributed by atoms with Crippen molar-refractivity contribution in [3.8, 4) is 0 Å². The standard InChI is InChI=1S/C12H24BrNO2S/c1-11(6-5-9-13)14-17(15,16)10-12-7-3-2-4-8-12/h11-12,14H,2-10H2,1H3. The van der Waals surface area contributed by atoms with Crippen LogP contribution in [-0.4, -0.2) is 25.5 Å². The van der Waals surface area contributed by atoms with E-state index in [1.165, 1.54) is 19.3 Å². The molecule has 0 heterocycles. The number of alkyl halides is 1. The first-order valence-corrected chi connectivity index (χ1v) is 9.37. The van der Waals surface area contributed by atoms with Crippen LogP contribution in [0.4, 0.5) is 0 Å². The maximum Gasteiger partial charge on any atom is 0.212 e. The lowest BCUT2D eigenvalue weighted by molar-refractivity contribution is 0.383. The van der Waals surface area contributed by atoms with E-state index in [1.54, 1.807) is 0 Å². The molecule has 5 heteroatoms. The molecular formula is C12H24BrNO2S. The summed E-state index contributed by atoms with van der Waals surface area (Å²) in [5, 5.41) is 0.932. The molecule has 1 aliphatic carbocycles. The van der Waals surface area contributed by atoms with Crippen LogP contribution in [0, 0.1) is 5.92 Å². The first-order chi connectivity index (χ1) is 8.03. The smallest absolute Gasteiger partial charge is 0.212 e. The minimum Gasteiger partial charge on any atom is -0.212 e. The molecule has 17 heavy (non-hydrogen) atoms. The molecular weight excluding hydrogens is 302 g/mol. The molecule has 102 valence electrons. The second-order valence-electron chi connectivity index (χ2n) is 5.14. The van der Waals surface area contributed by atoms with E-state index >= 15 is 0 Å². The number of hydrogen-bond acceptors (Lipinski definition) is 2. The molecule has 0 aromatic carbocycles. The van der Waals surface area contributed by atoms with Gasteiger partial charge in [-0.25, -0.2) is 13.1 Å². The van der Waals surface area contributed by atoms with Gasteiger partial charge in [0.25, 0.3) is 0 Å². The zero-order chi connectivity index (χ0) is 12.7. The van der Waals surface area contributed by atoms with Gasteiger partial charge in [-0.3, -0.25) is 0 Å². The molecule has 0 aromatic heterocycles. The molecule has 1 atom stereocenters. The Morgan fingerprint density at radius 1 is 1.29 bits per heavy atom. The summed E-state index contributed by atoms with van der Waals surface area (Å²) in [6.07, 6.45) is 7.72. The van der Waals surface area contributed by atoms with E-state index in [9.17, 15) is 8.42 Å². The highest BCUT2D eigenvalue weighted by atomic mass is 79.9. The van der Waals surface area contributed by atoms with E-state index < -0.39 is 10.0 Å². The van der Waals surface area contributed by atoms with Crippen LogP contribution < -0.4 is 4.72 Å². The Bertz CT molecular complexity index is 300. The van der Waals surface area contributed by atoms with Crippen LogP contribution in [0.25, 0.3) is 0 Å². The van der Waals surface area contributed by atoms with Gasteiger partial charge in [0.15, 0.2) is 0 Å². The average Bonchev–Trinajstić information content (AvgIpc) is 2.26. The van der Waals surface area contributed by atoms with Crippen molar-refractivity contribution in [2.45, 2.75) is 57.9 Å². The molecule has 0 radical (unpaired) electrons. The van der Waals surface area contributed by atoms with E-state index in [2.05, 4.69) is 20.7 Å². The Kier molecular flexibility index (Phi) is 7.04. The van der Waals surface area contributed by atoms with Crippen molar-refractivity contribution in [1.29, 1.82) is 0 Å². The molecule has 1 rings (SSSR count). The predicted molar refractivity (Wildman–Crippen MR) is 76.0 cm³/mol. The minimum atomic E-state index is -3.08. The van der Waals surface area contributed by atoms with E-state index in [0.29, 0.717) is 11.7 Å². The second-order valence-corrected chi connectivity index (χ2v) is 7.73. The molecule has 1 saturated carbocycles. The molecule has 1 unspecified atom stereocenters. The van der Waals surface area contributed by atoms with Crippen molar-refractivity contribution < 1.29 is 8.42 Å². The van der Waals surface area contributed by atoms with Crippen LogP contribution in [0.3, 0.4) is 0 Å². The van der Waals surface area contributed by atoms with E-state index in [0.717, 1.165) is 31.0 Å². The van der Waals surface area contributed by atoms with Crippen molar-refractivity contribution in [2.24, 2.45) is 5.92 Å².